The second kappa shape index (κ2) is 10.8. The third-order valence-electron chi connectivity index (χ3n) is 6.02. The number of anilines is 2. The van der Waals surface area contributed by atoms with E-state index in [9.17, 15) is 23.1 Å². The van der Waals surface area contributed by atoms with Crippen LogP contribution in [-0.2, 0) is 6.54 Å². The van der Waals surface area contributed by atoms with E-state index >= 15 is 0 Å². The van der Waals surface area contributed by atoms with E-state index in [0.717, 1.165) is 48.9 Å². The number of carbonyl (C=O) groups is 1. The molecule has 13 heteroatoms. The number of hydrogen-bond donors (Lipinski definition) is 2. The van der Waals surface area contributed by atoms with Gasteiger partial charge in [0.1, 0.15) is 11.5 Å². The highest BCUT2D eigenvalue weighted by atomic mass is 35.5. The van der Waals surface area contributed by atoms with Gasteiger partial charge in [0.05, 0.1) is 47.6 Å². The highest BCUT2D eigenvalue weighted by Gasteiger charge is 2.23. The molecule has 1 aromatic carbocycles. The Kier molecular flexibility index (Phi) is 7.25. The Morgan fingerprint density at radius 2 is 2.03 bits per heavy atom. The summed E-state index contributed by atoms with van der Waals surface area (Å²) < 4.78 is 43.2. The molecular weight excluding hydrogens is 523 g/mol. The molecule has 0 saturated carbocycles. The first-order valence-corrected chi connectivity index (χ1v) is 12.0. The highest BCUT2D eigenvalue weighted by molar-refractivity contribution is 6.31. The molecule has 1 atom stereocenters. The number of benzene rings is 1. The van der Waals surface area contributed by atoms with E-state index in [-0.39, 0.29) is 22.5 Å². The van der Waals surface area contributed by atoms with E-state index in [1.54, 1.807) is 17.1 Å². The largest absolute Gasteiger partial charge is 0.391 e. The second-order valence-corrected chi connectivity index (χ2v) is 9.12. The molecule has 38 heavy (non-hydrogen) atoms. The van der Waals surface area contributed by atoms with Crippen LogP contribution in [0.1, 0.15) is 34.5 Å². The number of hydrogen-bond acceptors (Lipinski definition) is 7. The fourth-order valence-electron chi connectivity index (χ4n) is 4.15. The molecular formula is C25H21ClF3N7O2. The van der Waals surface area contributed by atoms with Crippen LogP contribution in [0.25, 0.3) is 11.3 Å². The predicted molar refractivity (Wildman–Crippen MR) is 134 cm³/mol. The van der Waals surface area contributed by atoms with E-state index in [0.29, 0.717) is 18.8 Å². The summed E-state index contributed by atoms with van der Waals surface area (Å²) in [5, 5.41) is 16.2. The van der Waals surface area contributed by atoms with Gasteiger partial charge in [-0.3, -0.25) is 14.5 Å². The number of alkyl halides is 2. The fourth-order valence-corrected chi connectivity index (χ4v) is 4.31. The van der Waals surface area contributed by atoms with Crippen molar-refractivity contribution in [1.82, 2.24) is 24.7 Å². The number of amides is 1. The maximum absolute atomic E-state index is 14.6. The third kappa shape index (κ3) is 5.46. The summed E-state index contributed by atoms with van der Waals surface area (Å²) in [4.78, 5) is 27.2. The van der Waals surface area contributed by atoms with E-state index in [1.807, 2.05) is 17.0 Å². The maximum atomic E-state index is 14.6. The SMILES string of the molecule is O=C(Nc1cnn(Cc2ccc(N3CCC(O)C3)nc2)c1)c1cncc(-c2c(C(F)F)ccc(Cl)c2F)n1. The van der Waals surface area contributed by atoms with Crippen LogP contribution in [0, 0.1) is 5.82 Å². The van der Waals surface area contributed by atoms with Crippen molar-refractivity contribution in [2.45, 2.75) is 25.5 Å². The molecule has 1 amide bonds. The first-order valence-electron chi connectivity index (χ1n) is 11.6. The Morgan fingerprint density at radius 1 is 1.18 bits per heavy atom. The van der Waals surface area contributed by atoms with Crippen molar-refractivity contribution >= 4 is 29.0 Å². The van der Waals surface area contributed by atoms with Crippen LogP contribution in [0.2, 0.25) is 5.02 Å². The van der Waals surface area contributed by atoms with Gasteiger partial charge in [-0.25, -0.2) is 23.1 Å². The minimum atomic E-state index is -2.98. The van der Waals surface area contributed by atoms with E-state index < -0.39 is 29.3 Å². The smallest absolute Gasteiger partial charge is 0.275 e. The van der Waals surface area contributed by atoms with Crippen LogP contribution in [0.15, 0.2) is 55.2 Å². The molecule has 1 aliphatic rings. The molecule has 4 aromatic rings. The van der Waals surface area contributed by atoms with E-state index in [1.165, 1.54) is 6.20 Å². The van der Waals surface area contributed by atoms with Gasteiger partial charge in [-0.15, -0.1) is 0 Å². The Morgan fingerprint density at radius 3 is 2.74 bits per heavy atom. The molecule has 0 aliphatic carbocycles. The molecule has 0 spiro atoms. The summed E-state index contributed by atoms with van der Waals surface area (Å²) in [6, 6.07) is 5.84. The lowest BCUT2D eigenvalue weighted by Gasteiger charge is -2.16. The molecule has 196 valence electrons. The summed E-state index contributed by atoms with van der Waals surface area (Å²) in [6.07, 6.45) is 4.39. The average molecular weight is 544 g/mol. The minimum absolute atomic E-state index is 0.207. The maximum Gasteiger partial charge on any atom is 0.275 e. The third-order valence-corrected chi connectivity index (χ3v) is 6.31. The number of β-amino-alcohol motifs (C(OH)–C–C–N with tert-alkyl or cyclic N) is 1. The van der Waals surface area contributed by atoms with Crippen molar-refractivity contribution < 1.29 is 23.1 Å². The van der Waals surface area contributed by atoms with Crippen LogP contribution >= 0.6 is 11.6 Å². The van der Waals surface area contributed by atoms with Crippen LogP contribution in [0.3, 0.4) is 0 Å². The van der Waals surface area contributed by atoms with E-state index in [4.69, 9.17) is 11.6 Å². The summed E-state index contributed by atoms with van der Waals surface area (Å²) in [6.45, 7) is 1.71. The average Bonchev–Trinajstić information content (AvgIpc) is 3.54. The summed E-state index contributed by atoms with van der Waals surface area (Å²) in [7, 11) is 0. The van der Waals surface area contributed by atoms with Crippen LogP contribution in [-0.4, -0.2) is 54.9 Å². The number of aromatic nitrogens is 5. The van der Waals surface area contributed by atoms with Gasteiger partial charge in [0.2, 0.25) is 0 Å². The summed E-state index contributed by atoms with van der Waals surface area (Å²) >= 11 is 5.78. The molecule has 1 fully saturated rings. The molecule has 1 aliphatic heterocycles. The van der Waals surface area contributed by atoms with Crippen molar-refractivity contribution in [3.63, 3.8) is 0 Å². The van der Waals surface area contributed by atoms with Crippen molar-refractivity contribution in [3.8, 4) is 11.3 Å². The summed E-state index contributed by atoms with van der Waals surface area (Å²) in [5.41, 5.74) is -0.334. The molecule has 1 saturated heterocycles. The number of rotatable bonds is 7. The number of nitrogens with one attached hydrogen (secondary N) is 1. The minimum Gasteiger partial charge on any atom is -0.391 e. The van der Waals surface area contributed by atoms with Gasteiger partial charge in [0.25, 0.3) is 12.3 Å². The van der Waals surface area contributed by atoms with Crippen molar-refractivity contribution in [2.24, 2.45) is 0 Å². The van der Waals surface area contributed by atoms with E-state index in [2.05, 4.69) is 25.4 Å². The molecule has 2 N–H and O–H groups in total. The number of aliphatic hydroxyl groups excluding tert-OH is 1. The quantitative estimate of drug-likeness (QED) is 0.357. The highest BCUT2D eigenvalue weighted by Crippen LogP contribution is 2.35. The van der Waals surface area contributed by atoms with Crippen molar-refractivity contribution in [2.75, 3.05) is 23.3 Å². The number of nitrogens with zero attached hydrogens (tertiary/aromatic N) is 6. The Labute approximate surface area is 219 Å². The van der Waals surface area contributed by atoms with Crippen LogP contribution in [0.5, 0.6) is 0 Å². The summed E-state index contributed by atoms with van der Waals surface area (Å²) in [5.74, 6) is -0.961. The monoisotopic (exact) mass is 543 g/mol. The normalized spacial score (nSPS) is 15.3. The molecule has 0 bridgehead atoms. The zero-order valence-corrected chi connectivity index (χ0v) is 20.5. The molecule has 1 unspecified atom stereocenters. The lowest BCUT2D eigenvalue weighted by molar-refractivity contribution is 0.102. The predicted octanol–water partition coefficient (Wildman–Crippen LogP) is 4.34. The number of aliphatic hydroxyl groups is 1. The Hall–Kier alpha value is -4.03. The fraction of sp³-hybridized carbons (Fsp3) is 0.240. The molecule has 3 aromatic heterocycles. The first-order chi connectivity index (χ1) is 18.3. The topological polar surface area (TPSA) is 109 Å². The number of pyridine rings is 1. The molecule has 5 rings (SSSR count). The Bertz CT molecular complexity index is 1470. The van der Waals surface area contributed by atoms with Crippen molar-refractivity contribution in [3.05, 3.63) is 82.9 Å². The van der Waals surface area contributed by atoms with Crippen LogP contribution < -0.4 is 10.2 Å². The molecule has 4 heterocycles. The zero-order valence-electron chi connectivity index (χ0n) is 19.7. The van der Waals surface area contributed by atoms with Gasteiger partial charge in [-0.05, 0) is 24.1 Å². The Balaban J connectivity index is 1.27. The first kappa shape index (κ1) is 25.6. The molecule has 0 radical (unpaired) electrons. The lowest BCUT2D eigenvalue weighted by Crippen LogP contribution is -2.22. The molecule has 9 nitrogen and oxygen atoms in total. The van der Waals surface area contributed by atoms with Crippen LogP contribution in [0.4, 0.5) is 24.7 Å². The van der Waals surface area contributed by atoms with Gasteiger partial charge in [0.15, 0.2) is 5.82 Å². The van der Waals surface area contributed by atoms with Gasteiger partial charge in [-0.2, -0.15) is 5.10 Å². The zero-order chi connectivity index (χ0) is 26.8. The van der Waals surface area contributed by atoms with Gasteiger partial charge < -0.3 is 15.3 Å². The lowest BCUT2D eigenvalue weighted by atomic mass is 10.0. The number of halogens is 4. The van der Waals surface area contributed by atoms with Gasteiger partial charge in [-0.1, -0.05) is 23.7 Å². The van der Waals surface area contributed by atoms with Crippen molar-refractivity contribution in [1.29, 1.82) is 0 Å². The second-order valence-electron chi connectivity index (χ2n) is 8.71. The number of carbonyl (C=O) groups excluding carboxylic acids is 1. The van der Waals surface area contributed by atoms with Gasteiger partial charge in [0, 0.05) is 36.6 Å². The van der Waals surface area contributed by atoms with Gasteiger partial charge >= 0.3 is 0 Å². The standard InChI is InChI=1S/C25H21ClF3N7O2/c26-18-3-2-17(24(28)29)22(23(18)27)19-9-30-10-20(34-19)25(38)33-15-8-32-36(12-15)11-14-1-4-21(31-7-14)35-6-5-16(37)13-35/h1-4,7-10,12,16,24,37H,5-6,11,13H2,(H,33,38).